The summed E-state index contributed by atoms with van der Waals surface area (Å²) < 4.78 is 43.7. The Morgan fingerprint density at radius 3 is 2.54 bits per heavy atom. The van der Waals surface area contributed by atoms with Gasteiger partial charge in [-0.25, -0.2) is 4.72 Å². The van der Waals surface area contributed by atoms with Crippen molar-refractivity contribution in [3.05, 3.63) is 24.3 Å². The smallest absolute Gasteiger partial charge is 0.219 e. The zero-order valence-electron chi connectivity index (χ0n) is 6.34. The van der Waals surface area contributed by atoms with Gasteiger partial charge in [-0.3, -0.25) is 4.21 Å². The van der Waals surface area contributed by atoms with E-state index in [9.17, 15) is 17.2 Å². The highest BCUT2D eigenvalue weighted by Gasteiger charge is 2.13. The van der Waals surface area contributed by atoms with Crippen LogP contribution in [-0.4, -0.2) is 28.1 Å². The van der Waals surface area contributed by atoms with E-state index in [0.29, 0.717) is 0 Å². The molecule has 2 atom stereocenters. The summed E-state index contributed by atoms with van der Waals surface area (Å²) in [4.78, 5) is 0.00620. The summed E-state index contributed by atoms with van der Waals surface area (Å²) in [5.74, 6) is 0. The molecular formula is C6H6NO4S2-. The van der Waals surface area contributed by atoms with Crippen molar-refractivity contribution in [3.8, 4) is 0 Å². The Balaban J connectivity index is 2.97. The van der Waals surface area contributed by atoms with E-state index < -0.39 is 27.6 Å². The van der Waals surface area contributed by atoms with E-state index in [1.165, 1.54) is 18.2 Å². The van der Waals surface area contributed by atoms with E-state index in [2.05, 4.69) is 4.72 Å². The van der Waals surface area contributed by atoms with Crippen LogP contribution >= 0.6 is 0 Å². The molecule has 0 aromatic rings. The van der Waals surface area contributed by atoms with Crippen molar-refractivity contribution in [1.29, 1.82) is 0 Å². The van der Waals surface area contributed by atoms with Crippen LogP contribution in [0.1, 0.15) is 0 Å². The highest BCUT2D eigenvalue weighted by molar-refractivity contribution is 7.77. The second kappa shape index (κ2) is 4.47. The van der Waals surface area contributed by atoms with Crippen LogP contribution in [0.2, 0.25) is 0 Å². The highest BCUT2D eigenvalue weighted by Crippen LogP contribution is 2.00. The third-order valence-electron chi connectivity index (χ3n) is 1.40. The summed E-state index contributed by atoms with van der Waals surface area (Å²) in [6.07, 6.45) is 5.88. The van der Waals surface area contributed by atoms with Gasteiger partial charge in [0.2, 0.25) is 10.3 Å². The summed E-state index contributed by atoms with van der Waals surface area (Å²) in [7, 11) is -2.41. The van der Waals surface area contributed by atoms with Gasteiger partial charge in [0.25, 0.3) is 0 Å². The van der Waals surface area contributed by atoms with Gasteiger partial charge in [0.05, 0.1) is 10.9 Å². The second-order valence-corrected chi connectivity index (χ2v) is 3.86. The molecule has 2 unspecified atom stereocenters. The Labute approximate surface area is 79.1 Å². The molecule has 0 bridgehead atoms. The predicted octanol–water partition coefficient (Wildman–Crippen LogP) is -1.08. The van der Waals surface area contributed by atoms with Crippen molar-refractivity contribution >= 4 is 26.4 Å². The van der Waals surface area contributed by atoms with E-state index >= 15 is 0 Å². The van der Waals surface area contributed by atoms with Crippen LogP contribution in [0.25, 0.3) is 0 Å². The summed E-state index contributed by atoms with van der Waals surface area (Å²) in [6, 6.07) is -0.790. The first-order chi connectivity index (χ1) is 6.11. The first-order valence-electron chi connectivity index (χ1n) is 3.27. The number of rotatable bonds is 2. The molecule has 1 aliphatic carbocycles. The van der Waals surface area contributed by atoms with E-state index in [0.717, 1.165) is 0 Å². The van der Waals surface area contributed by atoms with Gasteiger partial charge in [0.15, 0.2) is 0 Å². The molecule has 0 aliphatic heterocycles. The molecule has 1 rings (SSSR count). The number of nitrogens with one attached hydrogen (secondary N) is 1. The lowest BCUT2D eigenvalue weighted by molar-refractivity contribution is 0.523. The molecule has 0 aromatic carbocycles. The van der Waals surface area contributed by atoms with Gasteiger partial charge in [-0.1, -0.05) is 18.2 Å². The molecule has 13 heavy (non-hydrogen) atoms. The average molecular weight is 220 g/mol. The van der Waals surface area contributed by atoms with Crippen molar-refractivity contribution in [1.82, 2.24) is 4.72 Å². The van der Waals surface area contributed by atoms with Crippen LogP contribution in [0.3, 0.4) is 0 Å². The average Bonchev–Trinajstić information content (AvgIpc) is 2.03. The molecule has 7 heteroatoms. The Hall–Kier alpha value is -0.760. The Morgan fingerprint density at radius 2 is 2.00 bits per heavy atom. The number of allylic oxidation sites excluding steroid dienone is 2. The SMILES string of the molecule is O=S([O-])NC1C=CC=CC1=S(=O)=O. The predicted molar refractivity (Wildman–Crippen MR) is 48.1 cm³/mol. The molecular weight excluding hydrogens is 214 g/mol. The Morgan fingerprint density at radius 1 is 1.31 bits per heavy atom. The van der Waals surface area contributed by atoms with Crippen LogP contribution in [0.4, 0.5) is 0 Å². The third-order valence-corrected chi connectivity index (χ3v) is 2.62. The van der Waals surface area contributed by atoms with E-state index in [1.807, 2.05) is 0 Å². The Kier molecular flexibility index (Phi) is 3.55. The minimum absolute atomic E-state index is 0.00620. The first kappa shape index (κ1) is 10.3. The molecule has 0 radical (unpaired) electrons. The summed E-state index contributed by atoms with van der Waals surface area (Å²) in [6.45, 7) is 0. The van der Waals surface area contributed by atoms with Crippen molar-refractivity contribution < 1.29 is 17.2 Å². The minimum Gasteiger partial charge on any atom is -0.760 e. The van der Waals surface area contributed by atoms with Gasteiger partial charge >= 0.3 is 0 Å². The van der Waals surface area contributed by atoms with Crippen LogP contribution < -0.4 is 4.72 Å². The topological polar surface area (TPSA) is 86.3 Å². The summed E-state index contributed by atoms with van der Waals surface area (Å²) in [5, 5.41) is 0. The zero-order valence-corrected chi connectivity index (χ0v) is 7.97. The molecule has 1 N–H and O–H groups in total. The first-order valence-corrected chi connectivity index (χ1v) is 5.42. The van der Waals surface area contributed by atoms with Crippen LogP contribution in [0.15, 0.2) is 24.3 Å². The molecule has 0 aromatic heterocycles. The monoisotopic (exact) mass is 220 g/mol. The molecule has 0 saturated heterocycles. The lowest BCUT2D eigenvalue weighted by atomic mass is 10.1. The standard InChI is InChI=1S/C6H7NO4S2/c8-12(9)6-4-2-1-3-5(6)7-13(10)11/h1-5,7H,(H,10,11)/p-1. The van der Waals surface area contributed by atoms with Crippen molar-refractivity contribution in [2.75, 3.05) is 0 Å². The summed E-state index contributed by atoms with van der Waals surface area (Å²) in [5.41, 5.74) is 0. The van der Waals surface area contributed by atoms with E-state index in [1.54, 1.807) is 6.08 Å². The van der Waals surface area contributed by atoms with E-state index in [-0.39, 0.29) is 4.86 Å². The van der Waals surface area contributed by atoms with Crippen LogP contribution in [0.5, 0.6) is 0 Å². The third kappa shape index (κ3) is 2.88. The fourth-order valence-corrected chi connectivity index (χ4v) is 1.91. The van der Waals surface area contributed by atoms with Gasteiger partial charge in [-0.15, -0.1) is 0 Å². The maximum Gasteiger partial charge on any atom is 0.219 e. The Bertz CT molecular complexity index is 398. The molecule has 5 nitrogen and oxygen atoms in total. The van der Waals surface area contributed by atoms with Crippen LogP contribution in [0, 0.1) is 0 Å². The molecule has 0 spiro atoms. The van der Waals surface area contributed by atoms with Crippen molar-refractivity contribution in [2.45, 2.75) is 6.04 Å². The fraction of sp³-hybridized carbons (Fsp3) is 0.167. The van der Waals surface area contributed by atoms with Crippen molar-refractivity contribution in [3.63, 3.8) is 0 Å². The lowest BCUT2D eigenvalue weighted by Gasteiger charge is -2.16. The molecule has 1 aliphatic rings. The maximum atomic E-state index is 10.6. The maximum absolute atomic E-state index is 10.6. The minimum atomic E-state index is -2.48. The molecule has 0 fully saturated rings. The molecule has 0 saturated carbocycles. The highest BCUT2D eigenvalue weighted by atomic mass is 32.2. The quantitative estimate of drug-likeness (QED) is 0.473. The second-order valence-electron chi connectivity index (χ2n) is 2.21. The summed E-state index contributed by atoms with van der Waals surface area (Å²) >= 11 is -2.48. The molecule has 72 valence electrons. The zero-order chi connectivity index (χ0) is 9.84. The largest absolute Gasteiger partial charge is 0.760 e. The normalized spacial score (nSPS) is 23.2. The van der Waals surface area contributed by atoms with Gasteiger partial charge in [0.1, 0.15) is 0 Å². The van der Waals surface area contributed by atoms with Crippen LogP contribution in [-0.2, 0) is 21.6 Å². The lowest BCUT2D eigenvalue weighted by Crippen LogP contribution is -2.36. The molecule has 0 amide bonds. The van der Waals surface area contributed by atoms with E-state index in [4.69, 9.17) is 0 Å². The van der Waals surface area contributed by atoms with Gasteiger partial charge in [-0.2, -0.15) is 8.42 Å². The van der Waals surface area contributed by atoms with Gasteiger partial charge < -0.3 is 4.55 Å². The molecule has 0 heterocycles. The number of hydrogen-bond donors (Lipinski definition) is 1. The van der Waals surface area contributed by atoms with Crippen molar-refractivity contribution in [2.24, 2.45) is 0 Å². The fourth-order valence-electron chi connectivity index (χ4n) is 0.884. The van der Waals surface area contributed by atoms with Gasteiger partial charge in [-0.05, 0) is 6.08 Å². The van der Waals surface area contributed by atoms with Gasteiger partial charge in [0, 0.05) is 11.3 Å². The number of hydrogen-bond acceptors (Lipinski definition) is 4.